The molecule has 70 valence electrons. The van der Waals surface area contributed by atoms with E-state index in [2.05, 4.69) is 0 Å². The zero-order chi connectivity index (χ0) is 9.19. The van der Waals surface area contributed by atoms with E-state index in [1.54, 1.807) is 11.8 Å². The average molecular weight is 189 g/mol. The van der Waals surface area contributed by atoms with Crippen molar-refractivity contribution in [3.63, 3.8) is 0 Å². The van der Waals surface area contributed by atoms with Crippen LogP contribution < -0.4 is 5.73 Å². The zero-order valence-electron chi connectivity index (χ0n) is 7.50. The molecule has 0 amide bonds. The van der Waals surface area contributed by atoms with Crippen LogP contribution in [-0.4, -0.2) is 31.1 Å². The van der Waals surface area contributed by atoms with Crippen LogP contribution >= 0.6 is 11.8 Å². The van der Waals surface area contributed by atoms with E-state index in [4.69, 9.17) is 10.5 Å². The summed E-state index contributed by atoms with van der Waals surface area (Å²) >= 11 is 1.67. The fraction of sp³-hybridized carbons (Fsp3) is 0.875. The van der Waals surface area contributed by atoms with E-state index in [1.807, 2.05) is 6.26 Å². The Morgan fingerprint density at radius 1 is 1.75 bits per heavy atom. The van der Waals surface area contributed by atoms with Crippen molar-refractivity contribution in [1.82, 2.24) is 0 Å². The molecule has 1 aliphatic carbocycles. The van der Waals surface area contributed by atoms with Gasteiger partial charge in [-0.25, -0.2) is 0 Å². The Balaban J connectivity index is 2.56. The Hall–Kier alpha value is -0.220. The Morgan fingerprint density at radius 3 is 2.67 bits per heavy atom. The lowest BCUT2D eigenvalue weighted by Crippen LogP contribution is -2.52. The molecule has 1 fully saturated rings. The molecule has 0 atom stereocenters. The van der Waals surface area contributed by atoms with Crippen LogP contribution in [0.5, 0.6) is 0 Å². The van der Waals surface area contributed by atoms with Crippen molar-refractivity contribution < 1.29 is 9.53 Å². The molecule has 0 spiro atoms. The molecular formula is C8H15NO2S. The summed E-state index contributed by atoms with van der Waals surface area (Å²) in [6, 6.07) is 0.191. The molecule has 1 aliphatic rings. The summed E-state index contributed by atoms with van der Waals surface area (Å²) < 4.78 is 4.75. The van der Waals surface area contributed by atoms with Crippen LogP contribution in [-0.2, 0) is 9.53 Å². The van der Waals surface area contributed by atoms with Crippen molar-refractivity contribution >= 4 is 17.7 Å². The van der Waals surface area contributed by atoms with Crippen LogP contribution in [0, 0.1) is 5.41 Å². The topological polar surface area (TPSA) is 52.3 Å². The Morgan fingerprint density at radius 2 is 2.33 bits per heavy atom. The van der Waals surface area contributed by atoms with Gasteiger partial charge in [-0.3, -0.25) is 4.79 Å². The molecule has 1 saturated carbocycles. The predicted molar refractivity (Wildman–Crippen MR) is 50.0 cm³/mol. The van der Waals surface area contributed by atoms with Gasteiger partial charge in [0.15, 0.2) is 0 Å². The number of carbonyl (C=O) groups excluding carboxylic acids is 1. The maximum absolute atomic E-state index is 11.4. The monoisotopic (exact) mass is 189 g/mol. The molecule has 0 radical (unpaired) electrons. The zero-order valence-corrected chi connectivity index (χ0v) is 8.32. The van der Waals surface area contributed by atoms with Gasteiger partial charge >= 0.3 is 5.97 Å². The predicted octanol–water partition coefficient (Wildman–Crippen LogP) is 0.630. The van der Waals surface area contributed by atoms with Gasteiger partial charge in [-0.1, -0.05) is 0 Å². The van der Waals surface area contributed by atoms with Crippen LogP contribution in [0.15, 0.2) is 0 Å². The van der Waals surface area contributed by atoms with Crippen molar-refractivity contribution in [3.8, 4) is 0 Å². The second-order valence-electron chi connectivity index (χ2n) is 3.37. The van der Waals surface area contributed by atoms with E-state index in [0.29, 0.717) is 0 Å². The second kappa shape index (κ2) is 3.66. The number of hydrogen-bond donors (Lipinski definition) is 1. The summed E-state index contributed by atoms with van der Waals surface area (Å²) in [5.41, 5.74) is 5.39. The summed E-state index contributed by atoms with van der Waals surface area (Å²) in [4.78, 5) is 11.4. The number of methoxy groups -OCH3 is 1. The highest BCUT2D eigenvalue weighted by molar-refractivity contribution is 7.98. The summed E-state index contributed by atoms with van der Waals surface area (Å²) in [5, 5.41) is 0. The third kappa shape index (κ3) is 1.59. The third-order valence-corrected chi connectivity index (χ3v) is 3.19. The Labute approximate surface area is 77.0 Å². The maximum atomic E-state index is 11.4. The molecule has 0 bridgehead atoms. The van der Waals surface area contributed by atoms with Gasteiger partial charge < -0.3 is 10.5 Å². The molecule has 0 aromatic carbocycles. The highest BCUT2D eigenvalue weighted by atomic mass is 32.2. The van der Waals surface area contributed by atoms with E-state index < -0.39 is 0 Å². The number of rotatable bonds is 3. The molecule has 0 aromatic rings. The summed E-state index contributed by atoms with van der Waals surface area (Å²) in [5.74, 6) is 0.728. The van der Waals surface area contributed by atoms with Gasteiger partial charge in [0.05, 0.1) is 12.5 Å². The van der Waals surface area contributed by atoms with Crippen LogP contribution in [0.1, 0.15) is 12.8 Å². The molecule has 0 saturated heterocycles. The van der Waals surface area contributed by atoms with Gasteiger partial charge in [0.25, 0.3) is 0 Å². The third-order valence-electron chi connectivity index (χ3n) is 2.34. The molecule has 1 rings (SSSR count). The molecule has 12 heavy (non-hydrogen) atoms. The minimum atomic E-state index is -0.270. The smallest absolute Gasteiger partial charge is 0.312 e. The molecule has 4 heteroatoms. The second-order valence-corrected chi connectivity index (χ2v) is 4.24. The quantitative estimate of drug-likeness (QED) is 0.662. The Bertz CT molecular complexity index is 172. The lowest BCUT2D eigenvalue weighted by atomic mass is 9.67. The minimum absolute atomic E-state index is 0.0986. The number of nitrogens with two attached hydrogens (primary N) is 1. The van der Waals surface area contributed by atoms with E-state index in [0.717, 1.165) is 18.6 Å². The summed E-state index contributed by atoms with van der Waals surface area (Å²) in [7, 11) is 1.44. The van der Waals surface area contributed by atoms with Crippen molar-refractivity contribution in [2.75, 3.05) is 19.1 Å². The van der Waals surface area contributed by atoms with Crippen molar-refractivity contribution in [1.29, 1.82) is 0 Å². The van der Waals surface area contributed by atoms with Gasteiger partial charge in [0, 0.05) is 11.8 Å². The first-order valence-electron chi connectivity index (χ1n) is 3.97. The molecule has 0 heterocycles. The Kier molecular flexibility index (Phi) is 3.01. The van der Waals surface area contributed by atoms with Crippen LogP contribution in [0.2, 0.25) is 0 Å². The fourth-order valence-electron chi connectivity index (χ4n) is 1.78. The summed E-state index contributed by atoms with van der Waals surface area (Å²) in [6.45, 7) is 0. The van der Waals surface area contributed by atoms with Crippen LogP contribution in [0.4, 0.5) is 0 Å². The van der Waals surface area contributed by atoms with E-state index in [-0.39, 0.29) is 17.4 Å². The van der Waals surface area contributed by atoms with Gasteiger partial charge in [-0.2, -0.15) is 11.8 Å². The molecular weight excluding hydrogens is 174 g/mol. The number of hydrogen-bond acceptors (Lipinski definition) is 4. The lowest BCUT2D eigenvalue weighted by Gasteiger charge is -2.43. The number of ether oxygens (including phenoxy) is 1. The maximum Gasteiger partial charge on any atom is 0.312 e. The number of carbonyl (C=O) groups is 1. The first-order valence-corrected chi connectivity index (χ1v) is 5.37. The minimum Gasteiger partial charge on any atom is -0.469 e. The van der Waals surface area contributed by atoms with Crippen LogP contribution in [0.3, 0.4) is 0 Å². The van der Waals surface area contributed by atoms with E-state index in [1.165, 1.54) is 7.11 Å². The molecule has 2 N–H and O–H groups in total. The lowest BCUT2D eigenvalue weighted by molar-refractivity contribution is -0.157. The van der Waals surface area contributed by atoms with Crippen molar-refractivity contribution in [3.05, 3.63) is 0 Å². The molecule has 0 unspecified atom stereocenters. The fourth-order valence-corrected chi connectivity index (χ4v) is 2.69. The number of esters is 1. The highest BCUT2D eigenvalue weighted by Crippen LogP contribution is 2.43. The van der Waals surface area contributed by atoms with Gasteiger partial charge in [-0.05, 0) is 19.1 Å². The van der Waals surface area contributed by atoms with Crippen molar-refractivity contribution in [2.24, 2.45) is 11.1 Å². The van der Waals surface area contributed by atoms with Gasteiger partial charge in [-0.15, -0.1) is 0 Å². The molecule has 3 nitrogen and oxygen atoms in total. The van der Waals surface area contributed by atoms with E-state index in [9.17, 15) is 4.79 Å². The molecule has 0 aromatic heterocycles. The largest absolute Gasteiger partial charge is 0.469 e. The standard InChI is InChI=1S/C8H15NO2S/c1-11-7(10)8(5-12-2)3-6(9)4-8/h6H,3-5,9H2,1-2H3. The summed E-state index contributed by atoms with van der Waals surface area (Å²) in [6.07, 6.45) is 3.55. The highest BCUT2D eigenvalue weighted by Gasteiger charge is 2.49. The van der Waals surface area contributed by atoms with Crippen molar-refractivity contribution in [2.45, 2.75) is 18.9 Å². The SMILES string of the molecule is COC(=O)C1(CSC)CC(N)C1. The average Bonchev–Trinajstić information content (AvgIpc) is 2.00. The van der Waals surface area contributed by atoms with Gasteiger partial charge in [0.2, 0.25) is 0 Å². The number of thioether (sulfide) groups is 1. The van der Waals surface area contributed by atoms with Gasteiger partial charge in [0.1, 0.15) is 0 Å². The van der Waals surface area contributed by atoms with E-state index >= 15 is 0 Å². The first-order chi connectivity index (χ1) is 5.64. The first kappa shape index (κ1) is 9.86. The molecule has 0 aliphatic heterocycles. The normalized spacial score (nSPS) is 34.1. The van der Waals surface area contributed by atoms with Crippen LogP contribution in [0.25, 0.3) is 0 Å².